The van der Waals surface area contributed by atoms with Crippen LogP contribution in [0.1, 0.15) is 28.8 Å². The zero-order valence-electron chi connectivity index (χ0n) is 20.8. The minimum absolute atomic E-state index is 0.141. The monoisotopic (exact) mass is 487 g/mol. The van der Waals surface area contributed by atoms with Crippen LogP contribution in [0.25, 0.3) is 33.2 Å². The summed E-state index contributed by atoms with van der Waals surface area (Å²) < 4.78 is 12.9. The van der Waals surface area contributed by atoms with Crippen molar-refractivity contribution in [3.8, 4) is 28.3 Å². The average molecular weight is 488 g/mol. The Balaban J connectivity index is 1.64. The highest BCUT2D eigenvalue weighted by atomic mass is 16.5. The predicted octanol–water partition coefficient (Wildman–Crippen LogP) is 6.41. The Hall–Kier alpha value is -4.78. The van der Waals surface area contributed by atoms with E-state index in [1.807, 2.05) is 38.2 Å². The summed E-state index contributed by atoms with van der Waals surface area (Å²) in [7, 11) is 1.56. The summed E-state index contributed by atoms with van der Waals surface area (Å²) in [6, 6.07) is 23.1. The molecule has 37 heavy (non-hydrogen) atoms. The van der Waals surface area contributed by atoms with Gasteiger partial charge in [-0.25, -0.2) is 9.97 Å². The van der Waals surface area contributed by atoms with E-state index >= 15 is 0 Å². The van der Waals surface area contributed by atoms with Crippen LogP contribution in [0.5, 0.6) is 6.01 Å². The summed E-state index contributed by atoms with van der Waals surface area (Å²) in [5.41, 5.74) is 8.00. The smallest absolute Gasteiger partial charge is 0.316 e. The first-order valence-corrected chi connectivity index (χ1v) is 12.0. The Morgan fingerprint density at radius 2 is 1.65 bits per heavy atom. The van der Waals surface area contributed by atoms with Crippen LogP contribution >= 0.6 is 0 Å². The molecule has 7 heteroatoms. The van der Waals surface area contributed by atoms with E-state index in [9.17, 15) is 0 Å². The summed E-state index contributed by atoms with van der Waals surface area (Å²) in [5, 5.41) is 5.26. The summed E-state index contributed by atoms with van der Waals surface area (Å²) >= 11 is 0. The summed E-state index contributed by atoms with van der Waals surface area (Å²) in [5.74, 6) is 0.795. The molecule has 7 nitrogen and oxygen atoms in total. The fourth-order valence-electron chi connectivity index (χ4n) is 4.95. The number of rotatable bonds is 6. The Bertz CT molecular complexity index is 1610. The number of hydrogen-bond acceptors (Lipinski definition) is 6. The van der Waals surface area contributed by atoms with Gasteiger partial charge in [-0.15, -0.1) is 0 Å². The van der Waals surface area contributed by atoms with E-state index in [0.717, 1.165) is 55.9 Å². The van der Waals surface area contributed by atoms with Gasteiger partial charge in [0, 0.05) is 46.9 Å². The summed E-state index contributed by atoms with van der Waals surface area (Å²) in [6.45, 7) is 3.91. The number of aromatic nitrogens is 5. The Morgan fingerprint density at radius 1 is 0.865 bits per heavy atom. The van der Waals surface area contributed by atoms with Gasteiger partial charge in [-0.1, -0.05) is 53.7 Å². The number of nitrogens with zero attached hydrogens (tertiary/aromatic N) is 5. The molecule has 0 aliphatic heterocycles. The highest BCUT2D eigenvalue weighted by molar-refractivity contribution is 5.98. The van der Waals surface area contributed by atoms with E-state index in [-0.39, 0.29) is 6.04 Å². The van der Waals surface area contributed by atoms with E-state index < -0.39 is 0 Å². The van der Waals surface area contributed by atoms with Gasteiger partial charge >= 0.3 is 6.01 Å². The van der Waals surface area contributed by atoms with Crippen molar-refractivity contribution in [2.24, 2.45) is 0 Å². The van der Waals surface area contributed by atoms with Gasteiger partial charge in [0.05, 0.1) is 24.0 Å². The van der Waals surface area contributed by atoms with Gasteiger partial charge in [-0.2, -0.15) is 0 Å². The van der Waals surface area contributed by atoms with Crippen molar-refractivity contribution in [2.45, 2.75) is 19.9 Å². The number of ether oxygens (including phenoxy) is 1. The molecule has 1 unspecified atom stereocenters. The fourth-order valence-corrected chi connectivity index (χ4v) is 4.95. The zero-order chi connectivity index (χ0) is 25.4. The van der Waals surface area contributed by atoms with Crippen molar-refractivity contribution in [2.75, 3.05) is 7.11 Å². The Labute approximate surface area is 214 Å². The third kappa shape index (κ3) is 4.04. The van der Waals surface area contributed by atoms with Crippen molar-refractivity contribution in [3.63, 3.8) is 0 Å². The molecule has 0 spiro atoms. The SMILES string of the molecule is COc1ncc(-c2cn(C(c3ccccc3)c3ccccn3)c3cc(-c4c(C)noc4C)ccc23)cn1. The molecule has 0 saturated heterocycles. The molecular formula is C30H25N5O2. The molecule has 4 heterocycles. The molecule has 0 radical (unpaired) electrons. The molecule has 4 aromatic heterocycles. The lowest BCUT2D eigenvalue weighted by molar-refractivity contribution is 0.380. The third-order valence-corrected chi connectivity index (χ3v) is 6.64. The van der Waals surface area contributed by atoms with Gasteiger partial charge in [0.15, 0.2) is 0 Å². The molecule has 0 aliphatic carbocycles. The second kappa shape index (κ2) is 9.35. The quantitative estimate of drug-likeness (QED) is 0.270. The lowest BCUT2D eigenvalue weighted by Gasteiger charge is -2.21. The number of fused-ring (bicyclic) bond motifs is 1. The first-order chi connectivity index (χ1) is 18.1. The van der Waals surface area contributed by atoms with E-state index in [4.69, 9.17) is 14.2 Å². The van der Waals surface area contributed by atoms with Crippen LogP contribution in [0, 0.1) is 13.8 Å². The van der Waals surface area contributed by atoms with Crippen LogP contribution in [0.3, 0.4) is 0 Å². The topological polar surface area (TPSA) is 78.9 Å². The standard InChI is InChI=1S/C30H25N5O2/c1-19-28(20(2)37-34-19)22-12-13-24-25(23-16-32-30(36-3)33-17-23)18-35(27(24)15-22)29(21-9-5-4-6-10-21)26-11-7-8-14-31-26/h4-18,29H,1-3H3. The van der Waals surface area contributed by atoms with Gasteiger partial charge in [0.25, 0.3) is 0 Å². The van der Waals surface area contributed by atoms with Gasteiger partial charge < -0.3 is 13.8 Å². The minimum atomic E-state index is -0.141. The van der Waals surface area contributed by atoms with Crippen molar-refractivity contribution >= 4 is 10.9 Å². The maximum Gasteiger partial charge on any atom is 0.316 e. The van der Waals surface area contributed by atoms with E-state index in [1.54, 1.807) is 19.5 Å². The normalized spacial score (nSPS) is 12.1. The number of methoxy groups -OCH3 is 1. The molecule has 0 amide bonds. The first-order valence-electron chi connectivity index (χ1n) is 12.0. The molecule has 182 valence electrons. The zero-order valence-corrected chi connectivity index (χ0v) is 20.8. The number of aryl methyl sites for hydroxylation is 2. The van der Waals surface area contributed by atoms with Crippen LogP contribution < -0.4 is 4.74 Å². The highest BCUT2D eigenvalue weighted by Gasteiger charge is 2.23. The summed E-state index contributed by atoms with van der Waals surface area (Å²) in [4.78, 5) is 13.5. The molecule has 0 fully saturated rings. The molecule has 0 N–H and O–H groups in total. The second-order valence-corrected chi connectivity index (χ2v) is 8.91. The largest absolute Gasteiger partial charge is 0.467 e. The maximum absolute atomic E-state index is 5.48. The first kappa shape index (κ1) is 22.7. The average Bonchev–Trinajstić information content (AvgIpc) is 3.49. The molecule has 0 bridgehead atoms. The Kier molecular flexibility index (Phi) is 5.73. The Morgan fingerprint density at radius 3 is 2.32 bits per heavy atom. The lowest BCUT2D eigenvalue weighted by Crippen LogP contribution is -2.12. The molecular weight excluding hydrogens is 462 g/mol. The van der Waals surface area contributed by atoms with Gasteiger partial charge in [-0.3, -0.25) is 4.98 Å². The lowest BCUT2D eigenvalue weighted by atomic mass is 10.00. The van der Waals surface area contributed by atoms with Crippen molar-refractivity contribution in [1.82, 2.24) is 24.7 Å². The van der Waals surface area contributed by atoms with Crippen LogP contribution in [0.2, 0.25) is 0 Å². The molecule has 2 aromatic carbocycles. The molecule has 1 atom stereocenters. The fraction of sp³-hybridized carbons (Fsp3) is 0.133. The van der Waals surface area contributed by atoms with Gasteiger partial charge in [0.1, 0.15) is 11.8 Å². The molecule has 6 aromatic rings. The van der Waals surface area contributed by atoms with E-state index in [2.05, 4.69) is 74.4 Å². The van der Waals surface area contributed by atoms with Crippen molar-refractivity contribution < 1.29 is 9.26 Å². The van der Waals surface area contributed by atoms with E-state index in [1.165, 1.54) is 0 Å². The van der Waals surface area contributed by atoms with Crippen LogP contribution in [-0.4, -0.2) is 31.8 Å². The van der Waals surface area contributed by atoms with Crippen molar-refractivity contribution in [3.05, 3.63) is 114 Å². The molecule has 6 rings (SSSR count). The van der Waals surface area contributed by atoms with Crippen LogP contribution in [0.15, 0.2) is 96.0 Å². The van der Waals surface area contributed by atoms with E-state index in [0.29, 0.717) is 6.01 Å². The van der Waals surface area contributed by atoms with Crippen molar-refractivity contribution in [1.29, 1.82) is 0 Å². The van der Waals surface area contributed by atoms with Gasteiger partial charge in [0.2, 0.25) is 0 Å². The molecule has 0 aliphatic rings. The maximum atomic E-state index is 5.48. The predicted molar refractivity (Wildman–Crippen MR) is 142 cm³/mol. The summed E-state index contributed by atoms with van der Waals surface area (Å²) in [6.07, 6.45) is 7.60. The number of hydrogen-bond donors (Lipinski definition) is 0. The second-order valence-electron chi connectivity index (χ2n) is 8.91. The highest BCUT2D eigenvalue weighted by Crippen LogP contribution is 2.39. The number of pyridine rings is 1. The molecule has 0 saturated carbocycles. The van der Waals surface area contributed by atoms with Crippen LogP contribution in [0.4, 0.5) is 0 Å². The van der Waals surface area contributed by atoms with Gasteiger partial charge in [-0.05, 0) is 43.2 Å². The third-order valence-electron chi connectivity index (χ3n) is 6.64. The number of benzene rings is 2. The minimum Gasteiger partial charge on any atom is -0.467 e. The van der Waals surface area contributed by atoms with Crippen LogP contribution in [-0.2, 0) is 0 Å².